The van der Waals surface area contributed by atoms with Crippen LogP contribution in [0.5, 0.6) is 0 Å². The molecule has 2 rings (SSSR count). The summed E-state index contributed by atoms with van der Waals surface area (Å²) in [5.74, 6) is 0. The molecular weight excluding hydrogens is 726 g/mol. The van der Waals surface area contributed by atoms with Crippen LogP contribution in [0.15, 0.2) is 49.1 Å². The predicted octanol–water partition coefficient (Wildman–Crippen LogP) is 8.57. The average molecular weight is 789 g/mol. The van der Waals surface area contributed by atoms with Gasteiger partial charge in [-0.05, 0) is 60.6 Å². The van der Waals surface area contributed by atoms with E-state index in [1.54, 1.807) is 0 Å². The molecule has 0 saturated heterocycles. The van der Waals surface area contributed by atoms with E-state index in [-0.39, 0.29) is 24.0 Å². The maximum absolute atomic E-state index is 4.21. The lowest BCUT2D eigenvalue weighted by atomic mass is 10.0. The molecule has 2 heterocycles. The fourth-order valence-electron chi connectivity index (χ4n) is 5.82. The highest BCUT2D eigenvalue weighted by Crippen LogP contribution is 2.14. The van der Waals surface area contributed by atoms with Crippen molar-refractivity contribution >= 4 is 22.6 Å². The Labute approximate surface area is 285 Å². The first-order valence-electron chi connectivity index (χ1n) is 17.3. The molecule has 234 valence electrons. The van der Waals surface area contributed by atoms with Gasteiger partial charge in [0.2, 0.25) is 0 Å². The van der Waals surface area contributed by atoms with E-state index in [0.29, 0.717) is 0 Å². The van der Waals surface area contributed by atoms with E-state index in [4.69, 9.17) is 0 Å². The summed E-state index contributed by atoms with van der Waals surface area (Å²) in [7, 11) is 0. The fourth-order valence-corrected chi connectivity index (χ4v) is 6.35. The van der Waals surface area contributed by atoms with Gasteiger partial charge < -0.3 is 24.0 Å². The van der Waals surface area contributed by atoms with Crippen molar-refractivity contribution in [2.45, 2.75) is 167 Å². The molecule has 0 saturated carbocycles. The average Bonchev–Trinajstić information content (AvgIpc) is 2.98. The summed E-state index contributed by atoms with van der Waals surface area (Å²) in [6.07, 6.45) is 43.5. The Balaban J connectivity index is 0.00000840. The Morgan fingerprint density at radius 3 is 1.44 bits per heavy atom. The van der Waals surface area contributed by atoms with Crippen LogP contribution >= 0.6 is 22.6 Å². The van der Waals surface area contributed by atoms with Crippen molar-refractivity contribution in [3.63, 3.8) is 0 Å². The van der Waals surface area contributed by atoms with Crippen molar-refractivity contribution in [3.8, 4) is 0 Å². The molecule has 0 aliphatic rings. The lowest BCUT2D eigenvalue weighted by Crippen LogP contribution is -3.00. The molecule has 0 unspecified atom stereocenters. The topological polar surface area (TPSA) is 16.8 Å². The molecule has 4 heteroatoms. The summed E-state index contributed by atoms with van der Waals surface area (Å²) in [5, 5.41) is 0. The van der Waals surface area contributed by atoms with Gasteiger partial charge in [0.15, 0.2) is 12.4 Å². The summed E-state index contributed by atoms with van der Waals surface area (Å²) >= 11 is 2.50. The van der Waals surface area contributed by atoms with Gasteiger partial charge in [-0.1, -0.05) is 144 Å². The third-order valence-corrected chi connectivity index (χ3v) is 9.14. The maximum atomic E-state index is 4.21. The zero-order valence-electron chi connectivity index (χ0n) is 26.4. The second-order valence-electron chi connectivity index (χ2n) is 12.1. The minimum atomic E-state index is 0. The quantitative estimate of drug-likeness (QED) is 0.0366. The summed E-state index contributed by atoms with van der Waals surface area (Å²) in [6.45, 7) is 1.19. The van der Waals surface area contributed by atoms with E-state index in [1.807, 2.05) is 18.5 Å². The van der Waals surface area contributed by atoms with E-state index in [0.717, 1.165) is 0 Å². The Bertz CT molecular complexity index is 799. The van der Waals surface area contributed by atoms with Gasteiger partial charge in [-0.15, -0.1) is 0 Å². The molecule has 0 spiro atoms. The first kappa shape index (κ1) is 38.8. The van der Waals surface area contributed by atoms with Crippen LogP contribution in [0.3, 0.4) is 0 Å². The molecule has 0 radical (unpaired) electrons. The molecule has 0 N–H and O–H groups in total. The maximum Gasteiger partial charge on any atom is 0.171 e. The first-order chi connectivity index (χ1) is 19.9. The SMILES string of the molecule is ICCCCCCCCCCCCCCc1ccc[n+](CCCCCCCCCCCCCc2cccnc2)c1.[I-]. The van der Waals surface area contributed by atoms with Gasteiger partial charge in [0, 0.05) is 30.4 Å². The van der Waals surface area contributed by atoms with Crippen molar-refractivity contribution < 1.29 is 28.5 Å². The van der Waals surface area contributed by atoms with Gasteiger partial charge in [0.1, 0.15) is 6.54 Å². The van der Waals surface area contributed by atoms with Crippen LogP contribution in [0.2, 0.25) is 0 Å². The standard InChI is InChI=1S/C37H62IN2.HI/c38-30-22-18-14-10-6-2-1-4-9-13-17-21-27-37-29-25-33-40(35-37)32-23-19-15-11-7-3-5-8-12-16-20-26-36-28-24-31-39-34-36;/h24-25,28-29,31,33-35H,1-23,26-27,30,32H2;1H/q+1;/p-1. The van der Waals surface area contributed by atoms with Crippen LogP contribution < -0.4 is 28.5 Å². The number of unbranched alkanes of at least 4 members (excludes halogenated alkanes) is 21. The van der Waals surface area contributed by atoms with Crippen molar-refractivity contribution in [2.75, 3.05) is 4.43 Å². The Hall–Kier alpha value is -0.240. The largest absolute Gasteiger partial charge is 1.00 e. The van der Waals surface area contributed by atoms with Crippen LogP contribution in [0.4, 0.5) is 0 Å². The molecule has 0 fully saturated rings. The molecule has 0 aliphatic carbocycles. The van der Waals surface area contributed by atoms with Crippen LogP contribution in [-0.2, 0) is 19.4 Å². The molecule has 41 heavy (non-hydrogen) atoms. The molecule has 2 nitrogen and oxygen atoms in total. The fraction of sp³-hybridized carbons (Fsp3) is 0.730. The molecule has 0 atom stereocenters. The number of hydrogen-bond donors (Lipinski definition) is 0. The third-order valence-electron chi connectivity index (χ3n) is 8.37. The second-order valence-corrected chi connectivity index (χ2v) is 13.2. The first-order valence-corrected chi connectivity index (χ1v) is 18.8. The molecule has 0 bridgehead atoms. The summed E-state index contributed by atoms with van der Waals surface area (Å²) in [6, 6.07) is 8.84. The molecule has 0 aliphatic heterocycles. The van der Waals surface area contributed by atoms with Crippen molar-refractivity contribution in [1.29, 1.82) is 0 Å². The lowest BCUT2D eigenvalue weighted by molar-refractivity contribution is -0.697. The third kappa shape index (κ3) is 23.8. The molecule has 0 amide bonds. The molecule has 2 aromatic rings. The van der Waals surface area contributed by atoms with Crippen molar-refractivity contribution in [1.82, 2.24) is 4.98 Å². The minimum Gasteiger partial charge on any atom is -1.00 e. The normalized spacial score (nSPS) is 11.0. The van der Waals surface area contributed by atoms with E-state index in [1.165, 1.54) is 183 Å². The molecule has 2 aromatic heterocycles. The van der Waals surface area contributed by atoms with Gasteiger partial charge in [-0.2, -0.15) is 0 Å². The predicted molar refractivity (Wildman–Crippen MR) is 183 cm³/mol. The van der Waals surface area contributed by atoms with Crippen LogP contribution in [0.25, 0.3) is 0 Å². The number of nitrogens with zero attached hydrogens (tertiary/aromatic N) is 2. The second kappa shape index (κ2) is 29.8. The minimum absolute atomic E-state index is 0. The Morgan fingerprint density at radius 1 is 0.512 bits per heavy atom. The van der Waals surface area contributed by atoms with Gasteiger partial charge in [0.25, 0.3) is 0 Å². The molecular formula is C37H62I2N2. The number of hydrogen-bond acceptors (Lipinski definition) is 1. The number of rotatable bonds is 28. The Morgan fingerprint density at radius 2 is 0.951 bits per heavy atom. The smallest absolute Gasteiger partial charge is 0.171 e. The highest BCUT2D eigenvalue weighted by atomic mass is 127. The highest BCUT2D eigenvalue weighted by molar-refractivity contribution is 14.1. The number of aromatic nitrogens is 2. The zero-order valence-corrected chi connectivity index (χ0v) is 30.7. The monoisotopic (exact) mass is 788 g/mol. The van der Waals surface area contributed by atoms with Crippen LogP contribution in [-0.4, -0.2) is 9.41 Å². The van der Waals surface area contributed by atoms with Crippen LogP contribution in [0, 0.1) is 0 Å². The summed E-state index contributed by atoms with van der Waals surface area (Å²) in [4.78, 5) is 4.21. The van der Waals surface area contributed by atoms with Gasteiger partial charge in [0.05, 0.1) is 0 Å². The lowest BCUT2D eigenvalue weighted by Gasteiger charge is -2.04. The molecule has 0 aromatic carbocycles. The number of aryl methyl sites for hydroxylation is 3. The van der Waals surface area contributed by atoms with Crippen LogP contribution in [0.1, 0.15) is 159 Å². The highest BCUT2D eigenvalue weighted by Gasteiger charge is 2.04. The van der Waals surface area contributed by atoms with Gasteiger partial charge in [-0.3, -0.25) is 4.98 Å². The van der Waals surface area contributed by atoms with Crippen molar-refractivity contribution in [3.05, 3.63) is 60.2 Å². The Kier molecular flexibility index (Phi) is 28.2. The van der Waals surface area contributed by atoms with E-state index in [2.05, 4.69) is 62.7 Å². The summed E-state index contributed by atoms with van der Waals surface area (Å²) in [5.41, 5.74) is 2.92. The van der Waals surface area contributed by atoms with Crippen molar-refractivity contribution in [2.24, 2.45) is 0 Å². The van der Waals surface area contributed by atoms with Gasteiger partial charge >= 0.3 is 0 Å². The van der Waals surface area contributed by atoms with E-state index < -0.39 is 0 Å². The number of pyridine rings is 2. The number of halogens is 2. The number of alkyl halides is 1. The van der Waals surface area contributed by atoms with E-state index >= 15 is 0 Å². The van der Waals surface area contributed by atoms with E-state index in [9.17, 15) is 0 Å². The zero-order chi connectivity index (χ0) is 28.2. The summed E-state index contributed by atoms with van der Waals surface area (Å²) < 4.78 is 3.77. The van der Waals surface area contributed by atoms with Gasteiger partial charge in [-0.25, -0.2) is 4.57 Å².